The van der Waals surface area contributed by atoms with Crippen LogP contribution >= 0.6 is 7.82 Å². The molecule has 5 N–H and O–H groups in total. The first-order chi connectivity index (χ1) is 2.00. The highest BCUT2D eigenvalue weighted by Gasteiger charge is 2.00. The minimum Gasteiger partial charge on any atom is -0.412 e. The summed E-state index contributed by atoms with van der Waals surface area (Å²) < 4.78 is 8.88. The van der Waals surface area contributed by atoms with E-state index in [2.05, 4.69) is 0 Å². The van der Waals surface area contributed by atoms with E-state index in [1.165, 1.54) is 0 Å². The van der Waals surface area contributed by atoms with Gasteiger partial charge in [0.2, 0.25) is 0 Å². The third-order valence-electron chi connectivity index (χ3n) is 0. The molecule has 0 saturated carbocycles. The molecule has 42 valence electrons. The molecule has 0 aliphatic rings. The molecule has 5 nitrogen and oxygen atoms in total. The Morgan fingerprint density at radius 2 is 1.14 bits per heavy atom. The summed E-state index contributed by atoms with van der Waals surface area (Å²) in [7, 11) is -4.64. The van der Waals surface area contributed by atoms with E-state index in [-0.39, 0.29) is 28.5 Å². The van der Waals surface area contributed by atoms with E-state index in [1.54, 1.807) is 0 Å². The second-order valence-corrected chi connectivity index (χ2v) is 1.54. The maximum atomic E-state index is 8.88. The van der Waals surface area contributed by atoms with E-state index >= 15 is 0 Å². The summed E-state index contributed by atoms with van der Waals surface area (Å²) in [5, 5.41) is 0. The lowest BCUT2D eigenvalue weighted by atomic mass is 15.8. The van der Waals surface area contributed by atoms with Gasteiger partial charge in [-0.3, -0.25) is 0 Å². The Labute approximate surface area is 56.1 Å². The lowest BCUT2D eigenvalue weighted by Gasteiger charge is -1.82. The van der Waals surface area contributed by atoms with Crippen LogP contribution in [0.1, 0.15) is 0 Å². The molecule has 0 atom stereocenters. The normalized spacial score (nSPS) is 8.43. The van der Waals surface area contributed by atoms with E-state index in [1.807, 2.05) is 0 Å². The van der Waals surface area contributed by atoms with E-state index in [0.717, 1.165) is 0 Å². The van der Waals surface area contributed by atoms with Crippen LogP contribution in [-0.4, -0.2) is 43.2 Å². The average molecular weight is 140 g/mol. The molecule has 0 bridgehead atoms. The summed E-state index contributed by atoms with van der Waals surface area (Å²) in [6.07, 6.45) is 0. The summed E-state index contributed by atoms with van der Waals surface area (Å²) in [5.74, 6) is 0. The molecule has 0 aliphatic carbocycles. The molecule has 0 aliphatic heterocycles. The molecule has 0 spiro atoms. The van der Waals surface area contributed by atoms with Crippen molar-refractivity contribution in [1.29, 1.82) is 0 Å². The van der Waals surface area contributed by atoms with Crippen molar-refractivity contribution in [2.75, 3.05) is 0 Å². The van der Waals surface area contributed by atoms with Gasteiger partial charge >= 0.3 is 7.82 Å². The maximum Gasteiger partial charge on any atom is 0.466 e. The molecule has 7 heteroatoms. The van der Waals surface area contributed by atoms with Gasteiger partial charge in [-0.05, 0) is 0 Å². The topological polar surface area (TPSA) is 109 Å². The Kier molecular flexibility index (Phi) is 11.1. The molecule has 0 saturated heterocycles. The van der Waals surface area contributed by atoms with E-state index in [9.17, 15) is 0 Å². The highest BCUT2D eigenvalue weighted by molar-refractivity contribution is 7.45. The predicted octanol–water partition coefficient (Wildman–Crippen LogP) is -2.13. The Hall–Kier alpha value is 0.836. The zero-order chi connectivity index (χ0) is 4.50. The minimum absolute atomic E-state index is 0. The van der Waals surface area contributed by atoms with Crippen LogP contribution in [0.5, 0.6) is 0 Å². The third kappa shape index (κ3) is 229. The number of hydrogen-bond donors (Lipinski definition) is 3. The molecule has 0 amide bonds. The maximum absolute atomic E-state index is 8.88. The van der Waals surface area contributed by atoms with Gasteiger partial charge in [0, 0.05) is 23.1 Å². The fourth-order valence-electron chi connectivity index (χ4n) is 0. The molecule has 7 heavy (non-hydrogen) atoms. The molecule has 0 aromatic carbocycles. The lowest BCUT2D eigenvalue weighted by Crippen LogP contribution is -1.66. The summed E-state index contributed by atoms with van der Waals surface area (Å²) in [6.45, 7) is 0. The zero-order valence-electron chi connectivity index (χ0n) is 3.40. The van der Waals surface area contributed by atoms with Gasteiger partial charge < -0.3 is 20.2 Å². The second kappa shape index (κ2) is 4.98. The monoisotopic (exact) mass is 140 g/mol. The molecular formula is H5MgO5P. The fraction of sp³-hybridized carbons (Fsp3) is 0. The summed E-state index contributed by atoms with van der Waals surface area (Å²) in [4.78, 5) is 21.6. The van der Waals surface area contributed by atoms with E-state index < -0.39 is 7.82 Å². The molecule has 0 unspecified atom stereocenters. The predicted molar refractivity (Wildman–Crippen MR) is 23.6 cm³/mol. The fourth-order valence-corrected chi connectivity index (χ4v) is 0. The van der Waals surface area contributed by atoms with Gasteiger partial charge in [0.25, 0.3) is 0 Å². The van der Waals surface area contributed by atoms with Gasteiger partial charge in [-0.15, -0.1) is 0 Å². The molecule has 0 fully saturated rings. The lowest BCUT2D eigenvalue weighted by molar-refractivity contribution is 0.275. The summed E-state index contributed by atoms with van der Waals surface area (Å²) in [5.41, 5.74) is 0. The van der Waals surface area contributed by atoms with Gasteiger partial charge in [-0.1, -0.05) is 0 Å². The molecule has 0 aromatic heterocycles. The Morgan fingerprint density at radius 3 is 1.14 bits per heavy atom. The molecular weight excluding hydrogens is 135 g/mol. The van der Waals surface area contributed by atoms with Crippen LogP contribution < -0.4 is 0 Å². The van der Waals surface area contributed by atoms with Gasteiger partial charge in [0.15, 0.2) is 0 Å². The standard InChI is InChI=1S/Mg.H3O4P.H2O/c;1-5(2,3)4;/h;(H3,1,2,3,4);1H2. The van der Waals surface area contributed by atoms with Gasteiger partial charge in [0.1, 0.15) is 0 Å². The van der Waals surface area contributed by atoms with Crippen molar-refractivity contribution >= 4 is 30.9 Å². The average Bonchev–Trinajstić information content (AvgIpc) is 0.722. The largest absolute Gasteiger partial charge is 0.466 e. The zero-order valence-corrected chi connectivity index (χ0v) is 5.71. The van der Waals surface area contributed by atoms with Crippen LogP contribution in [0.3, 0.4) is 0 Å². The number of hydrogen-bond acceptors (Lipinski definition) is 1. The quantitative estimate of drug-likeness (QED) is 0.263. The molecule has 0 heterocycles. The van der Waals surface area contributed by atoms with Crippen LogP contribution in [0.25, 0.3) is 0 Å². The van der Waals surface area contributed by atoms with Crippen molar-refractivity contribution in [2.24, 2.45) is 0 Å². The smallest absolute Gasteiger partial charge is 0.412 e. The molecule has 0 rings (SSSR count). The third-order valence-corrected chi connectivity index (χ3v) is 0. The molecule has 0 aromatic rings. The molecule has 2 radical (unpaired) electrons. The van der Waals surface area contributed by atoms with Crippen molar-refractivity contribution in [2.45, 2.75) is 0 Å². The van der Waals surface area contributed by atoms with Crippen LogP contribution in [-0.2, 0) is 4.57 Å². The second-order valence-electron chi connectivity index (χ2n) is 0.513. The highest BCUT2D eigenvalue weighted by atomic mass is 31.2. The van der Waals surface area contributed by atoms with E-state index in [4.69, 9.17) is 19.2 Å². The van der Waals surface area contributed by atoms with E-state index in [0.29, 0.717) is 0 Å². The van der Waals surface area contributed by atoms with Gasteiger partial charge in [-0.25, -0.2) is 4.57 Å². The van der Waals surface area contributed by atoms with Crippen LogP contribution in [0.2, 0.25) is 0 Å². The van der Waals surface area contributed by atoms with Crippen molar-refractivity contribution in [3.8, 4) is 0 Å². The van der Waals surface area contributed by atoms with Crippen molar-refractivity contribution in [3.63, 3.8) is 0 Å². The highest BCUT2D eigenvalue weighted by Crippen LogP contribution is 2.25. The summed E-state index contributed by atoms with van der Waals surface area (Å²) in [6, 6.07) is 0. The van der Waals surface area contributed by atoms with Crippen LogP contribution in [0.4, 0.5) is 0 Å². The van der Waals surface area contributed by atoms with Crippen molar-refractivity contribution < 1.29 is 24.7 Å². The number of rotatable bonds is 0. The summed E-state index contributed by atoms with van der Waals surface area (Å²) >= 11 is 0. The first kappa shape index (κ1) is 15.7. The van der Waals surface area contributed by atoms with Crippen LogP contribution in [0, 0.1) is 0 Å². The van der Waals surface area contributed by atoms with Crippen LogP contribution in [0.15, 0.2) is 0 Å². The Morgan fingerprint density at radius 1 is 1.14 bits per heavy atom. The number of phosphoric acid groups is 1. The first-order valence-corrected chi connectivity index (χ1v) is 2.35. The minimum atomic E-state index is -4.64. The van der Waals surface area contributed by atoms with Gasteiger partial charge in [-0.2, -0.15) is 0 Å². The first-order valence-electron chi connectivity index (χ1n) is 0.783. The van der Waals surface area contributed by atoms with Crippen molar-refractivity contribution in [1.82, 2.24) is 0 Å². The Bertz CT molecular complexity index is 54.2. The Balaban J connectivity index is -0.0000000800. The SMILES string of the molecule is O.O=P(O)(O)O.[Mg]. The van der Waals surface area contributed by atoms with Gasteiger partial charge in [0.05, 0.1) is 0 Å². The van der Waals surface area contributed by atoms with Crippen molar-refractivity contribution in [3.05, 3.63) is 0 Å².